The SMILES string of the molecule is C[C@@H]1O[C@H](CN=[N+]=[N-])[C@@H](OCc2ccccc2)[C@H](OCc2ccccc2)[C@H]1F. The van der Waals surface area contributed by atoms with E-state index in [1.165, 1.54) is 0 Å². The zero-order valence-corrected chi connectivity index (χ0v) is 15.7. The van der Waals surface area contributed by atoms with Gasteiger partial charge >= 0.3 is 0 Å². The van der Waals surface area contributed by atoms with Crippen molar-refractivity contribution in [1.82, 2.24) is 0 Å². The Bertz CT molecular complexity index is 771. The van der Waals surface area contributed by atoms with Crippen molar-refractivity contribution in [2.75, 3.05) is 6.54 Å². The highest BCUT2D eigenvalue weighted by atomic mass is 19.1. The van der Waals surface area contributed by atoms with E-state index in [1.54, 1.807) is 6.92 Å². The molecular weight excluding hydrogens is 361 g/mol. The minimum absolute atomic E-state index is 0.0538. The van der Waals surface area contributed by atoms with Crippen molar-refractivity contribution in [3.63, 3.8) is 0 Å². The highest BCUT2D eigenvalue weighted by Gasteiger charge is 2.46. The average Bonchev–Trinajstić information content (AvgIpc) is 2.74. The zero-order valence-electron chi connectivity index (χ0n) is 15.7. The van der Waals surface area contributed by atoms with E-state index in [0.29, 0.717) is 0 Å². The maximum Gasteiger partial charge on any atom is 0.155 e. The molecule has 0 radical (unpaired) electrons. The van der Waals surface area contributed by atoms with Crippen molar-refractivity contribution in [2.45, 2.75) is 50.7 Å². The van der Waals surface area contributed by atoms with Gasteiger partial charge in [0.15, 0.2) is 6.17 Å². The normalized spacial score (nSPS) is 27.1. The first kappa shape index (κ1) is 20.3. The van der Waals surface area contributed by atoms with E-state index in [-0.39, 0.29) is 19.8 Å². The number of hydrogen-bond donors (Lipinski definition) is 0. The number of azide groups is 1. The summed E-state index contributed by atoms with van der Waals surface area (Å²) < 4.78 is 32.7. The van der Waals surface area contributed by atoms with Crippen LogP contribution in [-0.4, -0.2) is 37.1 Å². The summed E-state index contributed by atoms with van der Waals surface area (Å²) in [7, 11) is 0. The number of rotatable bonds is 8. The molecule has 0 aromatic heterocycles. The van der Waals surface area contributed by atoms with E-state index in [9.17, 15) is 4.39 Å². The fraction of sp³-hybridized carbons (Fsp3) is 0.429. The van der Waals surface area contributed by atoms with Gasteiger partial charge < -0.3 is 14.2 Å². The van der Waals surface area contributed by atoms with Crippen molar-refractivity contribution in [1.29, 1.82) is 0 Å². The molecule has 28 heavy (non-hydrogen) atoms. The molecular formula is C21H24FN3O3. The standard InChI is InChI=1S/C21H24FN3O3/c1-15-19(22)21(27-14-17-10-6-3-7-11-17)20(18(28-15)12-24-25-23)26-13-16-8-4-2-5-9-16/h2-11,15,18-21H,12-14H2,1H3/t15-,18+,19-,20+,21+/m0/s1. The molecule has 1 fully saturated rings. The van der Waals surface area contributed by atoms with Crippen LogP contribution in [0.5, 0.6) is 0 Å². The molecule has 0 aliphatic carbocycles. The van der Waals surface area contributed by atoms with Crippen molar-refractivity contribution in [3.8, 4) is 0 Å². The smallest absolute Gasteiger partial charge is 0.155 e. The molecule has 7 heteroatoms. The Labute approximate surface area is 163 Å². The summed E-state index contributed by atoms with van der Waals surface area (Å²) in [5, 5.41) is 3.61. The van der Waals surface area contributed by atoms with Gasteiger partial charge in [0.25, 0.3) is 0 Å². The molecule has 0 amide bonds. The summed E-state index contributed by atoms with van der Waals surface area (Å²) in [5.41, 5.74) is 10.6. The van der Waals surface area contributed by atoms with Crippen LogP contribution >= 0.6 is 0 Å². The van der Waals surface area contributed by atoms with Gasteiger partial charge in [0.05, 0.1) is 32.0 Å². The molecule has 1 aliphatic heterocycles. The maximum atomic E-state index is 15.0. The lowest BCUT2D eigenvalue weighted by Crippen LogP contribution is -2.57. The molecule has 0 N–H and O–H groups in total. The molecule has 3 rings (SSSR count). The Morgan fingerprint density at radius 3 is 2.04 bits per heavy atom. The van der Waals surface area contributed by atoms with Gasteiger partial charge in [-0.2, -0.15) is 0 Å². The van der Waals surface area contributed by atoms with Crippen LogP contribution in [0.3, 0.4) is 0 Å². The van der Waals surface area contributed by atoms with Crippen molar-refractivity contribution < 1.29 is 18.6 Å². The fourth-order valence-electron chi connectivity index (χ4n) is 3.27. The van der Waals surface area contributed by atoms with Gasteiger partial charge in [-0.05, 0) is 23.6 Å². The maximum absolute atomic E-state index is 15.0. The molecule has 148 valence electrons. The Hall–Kier alpha value is -2.44. The third-order valence-corrected chi connectivity index (χ3v) is 4.74. The van der Waals surface area contributed by atoms with Crippen LogP contribution in [-0.2, 0) is 27.4 Å². The third-order valence-electron chi connectivity index (χ3n) is 4.74. The van der Waals surface area contributed by atoms with E-state index in [4.69, 9.17) is 19.7 Å². The van der Waals surface area contributed by atoms with E-state index < -0.39 is 30.6 Å². The van der Waals surface area contributed by atoms with Crippen LogP contribution in [0.2, 0.25) is 0 Å². The Morgan fingerprint density at radius 2 is 1.50 bits per heavy atom. The second-order valence-corrected chi connectivity index (χ2v) is 6.76. The van der Waals surface area contributed by atoms with E-state index in [0.717, 1.165) is 11.1 Å². The van der Waals surface area contributed by atoms with E-state index >= 15 is 0 Å². The number of benzene rings is 2. The fourth-order valence-corrected chi connectivity index (χ4v) is 3.27. The molecule has 0 bridgehead atoms. The van der Waals surface area contributed by atoms with Crippen LogP contribution in [0.4, 0.5) is 4.39 Å². The zero-order chi connectivity index (χ0) is 19.8. The number of ether oxygens (including phenoxy) is 3. The summed E-state index contributed by atoms with van der Waals surface area (Å²) in [6, 6.07) is 19.2. The molecule has 0 unspecified atom stereocenters. The number of hydrogen-bond acceptors (Lipinski definition) is 4. The Kier molecular flexibility index (Phi) is 7.39. The van der Waals surface area contributed by atoms with Gasteiger partial charge in [0, 0.05) is 4.91 Å². The van der Waals surface area contributed by atoms with E-state index in [1.807, 2.05) is 60.7 Å². The van der Waals surface area contributed by atoms with Gasteiger partial charge in [-0.15, -0.1) is 0 Å². The van der Waals surface area contributed by atoms with Gasteiger partial charge in [0.1, 0.15) is 12.2 Å². The second kappa shape index (κ2) is 10.2. The van der Waals surface area contributed by atoms with Gasteiger partial charge in [-0.25, -0.2) is 4.39 Å². The number of nitrogens with zero attached hydrogens (tertiary/aromatic N) is 3. The molecule has 0 spiro atoms. The largest absolute Gasteiger partial charge is 0.369 e. The first-order valence-electron chi connectivity index (χ1n) is 9.30. The third kappa shape index (κ3) is 5.30. The molecule has 6 nitrogen and oxygen atoms in total. The summed E-state index contributed by atoms with van der Waals surface area (Å²) >= 11 is 0. The molecule has 0 saturated carbocycles. The summed E-state index contributed by atoms with van der Waals surface area (Å²) in [6.45, 7) is 2.25. The van der Waals surface area contributed by atoms with Gasteiger partial charge in [-0.3, -0.25) is 0 Å². The predicted octanol–water partition coefficient (Wildman–Crippen LogP) is 4.59. The highest BCUT2D eigenvalue weighted by Crippen LogP contribution is 2.29. The first-order chi connectivity index (χ1) is 13.7. The lowest BCUT2D eigenvalue weighted by molar-refractivity contribution is -0.230. The van der Waals surface area contributed by atoms with Gasteiger partial charge in [0.2, 0.25) is 0 Å². The van der Waals surface area contributed by atoms with Crippen LogP contribution < -0.4 is 0 Å². The monoisotopic (exact) mass is 385 g/mol. The average molecular weight is 385 g/mol. The second-order valence-electron chi connectivity index (χ2n) is 6.76. The van der Waals surface area contributed by atoms with Gasteiger partial charge in [-0.1, -0.05) is 65.8 Å². The summed E-state index contributed by atoms with van der Waals surface area (Å²) in [5.74, 6) is 0. The predicted molar refractivity (Wildman–Crippen MR) is 103 cm³/mol. The van der Waals surface area contributed by atoms with Crippen LogP contribution in [0.15, 0.2) is 65.8 Å². The molecule has 1 aliphatic rings. The van der Waals surface area contributed by atoms with Crippen molar-refractivity contribution >= 4 is 0 Å². The Morgan fingerprint density at radius 1 is 0.964 bits per heavy atom. The molecule has 1 heterocycles. The lowest BCUT2D eigenvalue weighted by atomic mass is 9.96. The summed E-state index contributed by atoms with van der Waals surface area (Å²) in [4.78, 5) is 2.80. The molecule has 2 aromatic rings. The summed E-state index contributed by atoms with van der Waals surface area (Å²) in [6.07, 6.45) is -4.14. The van der Waals surface area contributed by atoms with Crippen LogP contribution in [0.25, 0.3) is 10.4 Å². The molecule has 1 saturated heterocycles. The number of halogens is 1. The quantitative estimate of drug-likeness (QED) is 0.379. The van der Waals surface area contributed by atoms with Crippen LogP contribution in [0, 0.1) is 0 Å². The van der Waals surface area contributed by atoms with E-state index in [2.05, 4.69) is 10.0 Å². The number of alkyl halides is 1. The minimum atomic E-state index is -1.35. The lowest BCUT2D eigenvalue weighted by Gasteiger charge is -2.42. The van der Waals surface area contributed by atoms with Crippen molar-refractivity contribution in [3.05, 3.63) is 82.2 Å². The molecule has 2 aromatic carbocycles. The Balaban J connectivity index is 1.76. The topological polar surface area (TPSA) is 76.5 Å². The molecule has 5 atom stereocenters. The highest BCUT2D eigenvalue weighted by molar-refractivity contribution is 5.14. The van der Waals surface area contributed by atoms with Crippen LogP contribution in [0.1, 0.15) is 18.1 Å². The first-order valence-corrected chi connectivity index (χ1v) is 9.30. The van der Waals surface area contributed by atoms with Crippen molar-refractivity contribution in [2.24, 2.45) is 5.11 Å². The minimum Gasteiger partial charge on any atom is -0.369 e.